The molecule has 1 aliphatic heterocycles. The minimum Gasteiger partial charge on any atom is -0.493 e. The van der Waals surface area contributed by atoms with Crippen molar-refractivity contribution in [3.05, 3.63) is 59.4 Å². The van der Waals surface area contributed by atoms with Crippen LogP contribution in [0, 0.1) is 17.1 Å². The van der Waals surface area contributed by atoms with Gasteiger partial charge in [-0.15, -0.1) is 0 Å². The minimum atomic E-state index is -0.335. The van der Waals surface area contributed by atoms with Crippen LogP contribution in [0.4, 0.5) is 10.1 Å². The maximum Gasteiger partial charge on any atom is 0.264 e. The van der Waals surface area contributed by atoms with Gasteiger partial charge in [0.2, 0.25) is 0 Å². The molecule has 7 heteroatoms. The Labute approximate surface area is 175 Å². The average Bonchev–Trinajstić information content (AvgIpc) is 2.78. The smallest absolute Gasteiger partial charge is 0.264 e. The molecule has 6 nitrogen and oxygen atoms in total. The van der Waals surface area contributed by atoms with Gasteiger partial charge in [-0.3, -0.25) is 4.79 Å². The molecule has 30 heavy (non-hydrogen) atoms. The molecule has 0 bridgehead atoms. The lowest BCUT2D eigenvalue weighted by Gasteiger charge is -2.36. The van der Waals surface area contributed by atoms with Gasteiger partial charge in [-0.2, -0.15) is 5.26 Å². The number of nitrogens with zero attached hydrogens (tertiary/aromatic N) is 3. The molecule has 0 spiro atoms. The zero-order valence-electron chi connectivity index (χ0n) is 17.1. The zero-order chi connectivity index (χ0) is 21.5. The molecule has 0 atom stereocenters. The third kappa shape index (κ3) is 4.71. The molecule has 1 amide bonds. The highest BCUT2D eigenvalue weighted by Gasteiger charge is 2.25. The average molecular weight is 409 g/mol. The van der Waals surface area contributed by atoms with Crippen molar-refractivity contribution in [2.45, 2.75) is 6.92 Å². The summed E-state index contributed by atoms with van der Waals surface area (Å²) in [5.41, 5.74) is 1.24. The summed E-state index contributed by atoms with van der Waals surface area (Å²) >= 11 is 0. The summed E-state index contributed by atoms with van der Waals surface area (Å²) in [4.78, 5) is 16.4. The third-order valence-corrected chi connectivity index (χ3v) is 4.91. The van der Waals surface area contributed by atoms with Crippen LogP contribution in [0.25, 0.3) is 6.08 Å². The predicted molar refractivity (Wildman–Crippen MR) is 113 cm³/mol. The number of piperazine rings is 1. The van der Waals surface area contributed by atoms with E-state index in [0.29, 0.717) is 55.5 Å². The van der Waals surface area contributed by atoms with Gasteiger partial charge in [0.1, 0.15) is 17.5 Å². The fraction of sp³-hybridized carbons (Fsp3) is 0.304. The van der Waals surface area contributed by atoms with E-state index in [0.717, 1.165) is 0 Å². The molecular weight excluding hydrogens is 385 g/mol. The van der Waals surface area contributed by atoms with Crippen molar-refractivity contribution in [2.75, 3.05) is 44.8 Å². The molecule has 2 aromatic carbocycles. The van der Waals surface area contributed by atoms with E-state index in [9.17, 15) is 14.4 Å². The van der Waals surface area contributed by atoms with Crippen LogP contribution in [-0.4, -0.2) is 50.7 Å². The first kappa shape index (κ1) is 21.2. The number of carbonyl (C=O) groups excluding carboxylic acids is 1. The number of amides is 1. The Balaban J connectivity index is 1.71. The summed E-state index contributed by atoms with van der Waals surface area (Å²) in [6.07, 6.45) is 1.55. The van der Waals surface area contributed by atoms with Crippen LogP contribution in [0.1, 0.15) is 12.5 Å². The van der Waals surface area contributed by atoms with E-state index in [4.69, 9.17) is 9.47 Å². The standard InChI is InChI=1S/C23H24FN3O3/c1-3-30-21-9-8-17(15-22(21)29-2)14-18(16-25)23(28)27-12-10-26(11-13-27)20-7-5-4-6-19(20)24/h4-9,14-15H,3,10-13H2,1-2H3/b18-14+. The largest absolute Gasteiger partial charge is 0.493 e. The molecule has 3 rings (SSSR count). The molecule has 0 aromatic heterocycles. The van der Waals surface area contributed by atoms with Gasteiger partial charge < -0.3 is 19.3 Å². The van der Waals surface area contributed by atoms with Gasteiger partial charge in [0.15, 0.2) is 11.5 Å². The van der Waals surface area contributed by atoms with Crippen molar-refractivity contribution in [2.24, 2.45) is 0 Å². The molecule has 2 aromatic rings. The van der Waals surface area contributed by atoms with E-state index in [1.54, 1.807) is 47.4 Å². The Morgan fingerprint density at radius 3 is 2.53 bits per heavy atom. The lowest BCUT2D eigenvalue weighted by atomic mass is 10.1. The van der Waals surface area contributed by atoms with Gasteiger partial charge in [0.05, 0.1) is 19.4 Å². The first-order chi connectivity index (χ1) is 14.6. The number of halogens is 1. The van der Waals surface area contributed by atoms with Crippen molar-refractivity contribution < 1.29 is 18.7 Å². The Bertz CT molecular complexity index is 976. The third-order valence-electron chi connectivity index (χ3n) is 4.91. The van der Waals surface area contributed by atoms with Gasteiger partial charge >= 0.3 is 0 Å². The number of benzene rings is 2. The Hall–Kier alpha value is -3.53. The summed E-state index contributed by atoms with van der Waals surface area (Å²) in [5.74, 6) is 0.526. The maximum absolute atomic E-state index is 14.0. The molecule has 0 unspecified atom stereocenters. The van der Waals surface area contributed by atoms with Gasteiger partial charge in [0.25, 0.3) is 5.91 Å². The molecule has 0 saturated carbocycles. The quantitative estimate of drug-likeness (QED) is 0.540. The lowest BCUT2D eigenvalue weighted by Crippen LogP contribution is -2.49. The highest BCUT2D eigenvalue weighted by molar-refractivity contribution is 6.01. The van der Waals surface area contributed by atoms with Crippen molar-refractivity contribution in [1.82, 2.24) is 4.90 Å². The maximum atomic E-state index is 14.0. The Kier molecular flexibility index (Phi) is 6.91. The summed E-state index contributed by atoms with van der Waals surface area (Å²) in [5, 5.41) is 9.54. The fourth-order valence-corrected chi connectivity index (χ4v) is 3.39. The van der Waals surface area contributed by atoms with E-state index < -0.39 is 0 Å². The first-order valence-electron chi connectivity index (χ1n) is 9.78. The van der Waals surface area contributed by atoms with Gasteiger partial charge in [-0.05, 0) is 42.8 Å². The summed E-state index contributed by atoms with van der Waals surface area (Å²) in [6, 6.07) is 13.8. The van der Waals surface area contributed by atoms with E-state index in [2.05, 4.69) is 0 Å². The van der Waals surface area contributed by atoms with E-state index in [-0.39, 0.29) is 17.3 Å². The molecule has 1 aliphatic rings. The molecule has 0 N–H and O–H groups in total. The number of rotatable bonds is 6. The summed E-state index contributed by atoms with van der Waals surface area (Å²) in [7, 11) is 1.54. The number of methoxy groups -OCH3 is 1. The molecule has 1 heterocycles. The number of hydrogen-bond acceptors (Lipinski definition) is 5. The van der Waals surface area contributed by atoms with Crippen LogP contribution in [0.5, 0.6) is 11.5 Å². The van der Waals surface area contributed by atoms with Crippen LogP contribution in [0.15, 0.2) is 48.0 Å². The SMILES string of the molecule is CCOc1ccc(/C=C(\C#N)C(=O)N2CCN(c3ccccc3F)CC2)cc1OC. The zero-order valence-corrected chi connectivity index (χ0v) is 17.1. The normalized spacial score (nSPS) is 14.3. The summed E-state index contributed by atoms with van der Waals surface area (Å²) < 4.78 is 24.8. The number of carbonyl (C=O) groups is 1. The molecule has 1 saturated heterocycles. The second-order valence-electron chi connectivity index (χ2n) is 6.74. The van der Waals surface area contributed by atoms with Crippen LogP contribution in [0.2, 0.25) is 0 Å². The topological polar surface area (TPSA) is 65.8 Å². The molecule has 156 valence electrons. The van der Waals surface area contributed by atoms with Crippen molar-refractivity contribution in [1.29, 1.82) is 5.26 Å². The number of hydrogen-bond donors (Lipinski definition) is 0. The van der Waals surface area contributed by atoms with E-state index >= 15 is 0 Å². The minimum absolute atomic E-state index is 0.0422. The number of para-hydroxylation sites is 1. The number of ether oxygens (including phenoxy) is 2. The van der Waals surface area contributed by atoms with E-state index in [1.165, 1.54) is 13.2 Å². The second-order valence-corrected chi connectivity index (χ2v) is 6.74. The summed E-state index contributed by atoms with van der Waals surface area (Å²) in [6.45, 7) is 4.22. The van der Waals surface area contributed by atoms with Crippen LogP contribution < -0.4 is 14.4 Å². The highest BCUT2D eigenvalue weighted by atomic mass is 19.1. The highest BCUT2D eigenvalue weighted by Crippen LogP contribution is 2.29. The predicted octanol–water partition coefficient (Wildman–Crippen LogP) is 3.49. The monoisotopic (exact) mass is 409 g/mol. The number of nitriles is 1. The van der Waals surface area contributed by atoms with Gasteiger partial charge in [-0.1, -0.05) is 18.2 Å². The number of anilines is 1. The molecule has 1 fully saturated rings. The van der Waals surface area contributed by atoms with E-state index in [1.807, 2.05) is 17.9 Å². The Morgan fingerprint density at radius 2 is 1.90 bits per heavy atom. The van der Waals surface area contributed by atoms with Crippen LogP contribution in [0.3, 0.4) is 0 Å². The fourth-order valence-electron chi connectivity index (χ4n) is 3.39. The molecule has 0 aliphatic carbocycles. The molecule has 0 radical (unpaired) electrons. The Morgan fingerprint density at radius 1 is 1.17 bits per heavy atom. The van der Waals surface area contributed by atoms with Gasteiger partial charge in [-0.25, -0.2) is 4.39 Å². The lowest BCUT2D eigenvalue weighted by molar-refractivity contribution is -0.126. The van der Waals surface area contributed by atoms with Crippen molar-refractivity contribution in [3.8, 4) is 17.6 Å². The van der Waals surface area contributed by atoms with Crippen molar-refractivity contribution in [3.63, 3.8) is 0 Å². The second kappa shape index (κ2) is 9.79. The van der Waals surface area contributed by atoms with Crippen LogP contribution in [-0.2, 0) is 4.79 Å². The van der Waals surface area contributed by atoms with Crippen molar-refractivity contribution >= 4 is 17.7 Å². The van der Waals surface area contributed by atoms with Gasteiger partial charge in [0, 0.05) is 26.2 Å². The first-order valence-corrected chi connectivity index (χ1v) is 9.78. The molecular formula is C23H24FN3O3. The van der Waals surface area contributed by atoms with Crippen LogP contribution >= 0.6 is 0 Å².